The van der Waals surface area contributed by atoms with Crippen LogP contribution < -0.4 is 5.32 Å². The predicted octanol–water partition coefficient (Wildman–Crippen LogP) is 2.61. The lowest BCUT2D eigenvalue weighted by molar-refractivity contribution is 0.314. The lowest BCUT2D eigenvalue weighted by Crippen LogP contribution is -2.36. The molecule has 0 spiro atoms. The van der Waals surface area contributed by atoms with E-state index in [1.54, 1.807) is 0 Å². The van der Waals surface area contributed by atoms with Crippen molar-refractivity contribution >= 4 is 33.5 Å². The molecule has 1 aliphatic heterocycles. The molecule has 1 aromatic heterocycles. The molecule has 1 aliphatic rings. The monoisotopic (exact) mass is 315 g/mol. The zero-order chi connectivity index (χ0) is 12.1. The van der Waals surface area contributed by atoms with Crippen LogP contribution in [0.4, 0.5) is 5.82 Å². The van der Waals surface area contributed by atoms with Crippen LogP contribution in [0.2, 0.25) is 0 Å². The Hall–Kier alpha value is -0.260. The fourth-order valence-electron chi connectivity index (χ4n) is 1.88. The molecule has 0 bridgehead atoms. The molecule has 3 nitrogen and oxygen atoms in total. The van der Waals surface area contributed by atoms with Crippen molar-refractivity contribution in [3.63, 3.8) is 0 Å². The van der Waals surface area contributed by atoms with Gasteiger partial charge in [-0.2, -0.15) is 11.8 Å². The van der Waals surface area contributed by atoms with Gasteiger partial charge in [-0.15, -0.1) is 0 Å². The summed E-state index contributed by atoms with van der Waals surface area (Å²) in [6, 6.07) is 2.09. The van der Waals surface area contributed by atoms with Crippen LogP contribution in [-0.2, 0) is 0 Å². The molecule has 0 radical (unpaired) electrons. The molecule has 5 heteroatoms. The molecular weight excluding hydrogens is 298 g/mol. The Morgan fingerprint density at radius 3 is 2.94 bits per heavy atom. The van der Waals surface area contributed by atoms with Gasteiger partial charge >= 0.3 is 0 Å². The van der Waals surface area contributed by atoms with E-state index in [1.807, 2.05) is 6.20 Å². The fourth-order valence-corrected chi connectivity index (χ4v) is 3.31. The molecule has 0 aromatic carbocycles. The smallest absolute Gasteiger partial charge is 0.128 e. The Bertz CT molecular complexity index is 367. The third-order valence-corrected chi connectivity index (χ3v) is 4.25. The third kappa shape index (κ3) is 4.16. The first-order chi connectivity index (χ1) is 8.25. The number of nitrogens with one attached hydrogen (secondary N) is 1. The minimum atomic E-state index is 0.972. The number of aryl methyl sites for hydroxylation is 1. The second kappa shape index (κ2) is 6.61. The zero-order valence-electron chi connectivity index (χ0n) is 10.1. The maximum atomic E-state index is 4.38. The molecule has 0 amide bonds. The van der Waals surface area contributed by atoms with Gasteiger partial charge < -0.3 is 5.32 Å². The summed E-state index contributed by atoms with van der Waals surface area (Å²) in [5.41, 5.74) is 1.19. The van der Waals surface area contributed by atoms with Gasteiger partial charge in [0, 0.05) is 48.4 Å². The molecule has 94 valence electrons. The minimum absolute atomic E-state index is 0.972. The molecule has 0 saturated carbocycles. The summed E-state index contributed by atoms with van der Waals surface area (Å²) in [5.74, 6) is 3.55. The average molecular weight is 316 g/mol. The normalized spacial score (nSPS) is 17.1. The number of anilines is 1. The van der Waals surface area contributed by atoms with E-state index in [-0.39, 0.29) is 0 Å². The number of aromatic nitrogens is 1. The van der Waals surface area contributed by atoms with E-state index in [0.717, 1.165) is 23.4 Å². The molecule has 2 rings (SSSR count). The van der Waals surface area contributed by atoms with Crippen LogP contribution in [0.5, 0.6) is 0 Å². The molecule has 1 N–H and O–H groups in total. The van der Waals surface area contributed by atoms with Crippen molar-refractivity contribution in [2.45, 2.75) is 6.92 Å². The molecular formula is C12H18BrN3S. The van der Waals surface area contributed by atoms with Crippen LogP contribution in [0.1, 0.15) is 5.56 Å². The Labute approximate surface area is 116 Å². The van der Waals surface area contributed by atoms with Gasteiger partial charge in [-0.3, -0.25) is 4.90 Å². The van der Waals surface area contributed by atoms with Crippen molar-refractivity contribution in [2.75, 3.05) is 43.0 Å². The number of rotatable bonds is 4. The fraction of sp³-hybridized carbons (Fsp3) is 0.583. The number of halogens is 1. The second-order valence-corrected chi connectivity index (χ2v) is 6.34. The highest BCUT2D eigenvalue weighted by molar-refractivity contribution is 9.10. The number of hydrogen-bond acceptors (Lipinski definition) is 4. The van der Waals surface area contributed by atoms with Crippen LogP contribution in [0.25, 0.3) is 0 Å². The van der Waals surface area contributed by atoms with E-state index in [0.29, 0.717) is 0 Å². The first kappa shape index (κ1) is 13.2. The van der Waals surface area contributed by atoms with Crippen molar-refractivity contribution in [3.8, 4) is 0 Å². The van der Waals surface area contributed by atoms with Crippen LogP contribution >= 0.6 is 27.7 Å². The predicted molar refractivity (Wildman–Crippen MR) is 78.9 cm³/mol. The summed E-state index contributed by atoms with van der Waals surface area (Å²) < 4.78 is 1.04. The highest BCUT2D eigenvalue weighted by Crippen LogP contribution is 2.16. The summed E-state index contributed by atoms with van der Waals surface area (Å²) >= 11 is 5.48. The van der Waals surface area contributed by atoms with Gasteiger partial charge in [-0.1, -0.05) is 0 Å². The summed E-state index contributed by atoms with van der Waals surface area (Å²) in [6.45, 7) is 6.60. The second-order valence-electron chi connectivity index (χ2n) is 4.20. The van der Waals surface area contributed by atoms with Gasteiger partial charge in [-0.05, 0) is 34.5 Å². The lowest BCUT2D eigenvalue weighted by atomic mass is 10.3. The van der Waals surface area contributed by atoms with E-state index in [2.05, 4.69) is 55.9 Å². The zero-order valence-corrected chi connectivity index (χ0v) is 12.5. The van der Waals surface area contributed by atoms with Crippen LogP contribution in [0.3, 0.4) is 0 Å². The van der Waals surface area contributed by atoms with Gasteiger partial charge in [0.05, 0.1) is 0 Å². The molecule has 1 saturated heterocycles. The number of hydrogen-bond donors (Lipinski definition) is 1. The van der Waals surface area contributed by atoms with Crippen molar-refractivity contribution in [2.24, 2.45) is 0 Å². The van der Waals surface area contributed by atoms with E-state index < -0.39 is 0 Å². The number of nitrogens with zero attached hydrogens (tertiary/aromatic N) is 2. The highest BCUT2D eigenvalue weighted by Gasteiger charge is 2.09. The third-order valence-electron chi connectivity index (χ3n) is 2.87. The number of pyridine rings is 1. The summed E-state index contributed by atoms with van der Waals surface area (Å²) in [5, 5.41) is 3.41. The molecule has 2 heterocycles. The van der Waals surface area contributed by atoms with Crippen molar-refractivity contribution in [1.82, 2.24) is 9.88 Å². The first-order valence-electron chi connectivity index (χ1n) is 5.92. The highest BCUT2D eigenvalue weighted by atomic mass is 79.9. The van der Waals surface area contributed by atoms with Gasteiger partial charge in [-0.25, -0.2) is 4.98 Å². The van der Waals surface area contributed by atoms with Crippen molar-refractivity contribution < 1.29 is 0 Å². The lowest BCUT2D eigenvalue weighted by Gasteiger charge is -2.26. The molecule has 1 aromatic rings. The van der Waals surface area contributed by atoms with Crippen LogP contribution in [0, 0.1) is 6.92 Å². The van der Waals surface area contributed by atoms with E-state index in [4.69, 9.17) is 0 Å². The standard InChI is InChI=1S/C12H18BrN3S/c1-10-8-11(13)9-15-12(10)14-2-3-16-4-6-17-7-5-16/h8-9H,2-7H2,1H3,(H,14,15). The van der Waals surface area contributed by atoms with Gasteiger partial charge in [0.2, 0.25) is 0 Å². The molecule has 0 atom stereocenters. The van der Waals surface area contributed by atoms with E-state index in [1.165, 1.54) is 30.2 Å². The molecule has 0 aliphatic carbocycles. The van der Waals surface area contributed by atoms with Gasteiger partial charge in [0.25, 0.3) is 0 Å². The van der Waals surface area contributed by atoms with Crippen molar-refractivity contribution in [1.29, 1.82) is 0 Å². The summed E-state index contributed by atoms with van der Waals surface area (Å²) in [7, 11) is 0. The van der Waals surface area contributed by atoms with Crippen LogP contribution in [-0.4, -0.2) is 47.6 Å². The minimum Gasteiger partial charge on any atom is -0.369 e. The van der Waals surface area contributed by atoms with E-state index >= 15 is 0 Å². The molecule has 17 heavy (non-hydrogen) atoms. The van der Waals surface area contributed by atoms with Gasteiger partial charge in [0.1, 0.15) is 5.82 Å². The quantitative estimate of drug-likeness (QED) is 0.924. The Balaban J connectivity index is 1.77. The number of thioether (sulfide) groups is 1. The van der Waals surface area contributed by atoms with E-state index in [9.17, 15) is 0 Å². The molecule has 0 unspecified atom stereocenters. The topological polar surface area (TPSA) is 28.2 Å². The Morgan fingerprint density at radius 2 is 2.24 bits per heavy atom. The Morgan fingerprint density at radius 1 is 1.47 bits per heavy atom. The van der Waals surface area contributed by atoms with Crippen LogP contribution in [0.15, 0.2) is 16.7 Å². The van der Waals surface area contributed by atoms with Gasteiger partial charge in [0.15, 0.2) is 0 Å². The largest absolute Gasteiger partial charge is 0.369 e. The Kier molecular flexibility index (Phi) is 5.13. The maximum Gasteiger partial charge on any atom is 0.128 e. The molecule has 1 fully saturated rings. The first-order valence-corrected chi connectivity index (χ1v) is 7.86. The summed E-state index contributed by atoms with van der Waals surface area (Å²) in [6.07, 6.45) is 1.84. The maximum absolute atomic E-state index is 4.38. The summed E-state index contributed by atoms with van der Waals surface area (Å²) in [4.78, 5) is 6.89. The average Bonchev–Trinajstić information content (AvgIpc) is 2.33. The SMILES string of the molecule is Cc1cc(Br)cnc1NCCN1CCSCC1. The van der Waals surface area contributed by atoms with Crippen molar-refractivity contribution in [3.05, 3.63) is 22.3 Å².